The molecular formula is C15H22BrClN2. The van der Waals surface area contributed by atoms with E-state index in [1.807, 2.05) is 18.2 Å². The Balaban J connectivity index is 1.89. The Kier molecular flexibility index (Phi) is 5.99. The van der Waals surface area contributed by atoms with Crippen LogP contribution in [0.25, 0.3) is 0 Å². The Morgan fingerprint density at radius 3 is 3.11 bits per heavy atom. The summed E-state index contributed by atoms with van der Waals surface area (Å²) in [7, 11) is 0. The minimum Gasteiger partial charge on any atom is -0.382 e. The van der Waals surface area contributed by atoms with E-state index >= 15 is 0 Å². The van der Waals surface area contributed by atoms with Crippen LogP contribution in [0, 0.1) is 0 Å². The molecule has 0 spiro atoms. The number of hydrogen-bond donors (Lipinski definition) is 2. The van der Waals surface area contributed by atoms with Crippen LogP contribution in [0.5, 0.6) is 0 Å². The Bertz CT molecular complexity index is 403. The van der Waals surface area contributed by atoms with E-state index in [9.17, 15) is 0 Å². The van der Waals surface area contributed by atoms with Crippen molar-refractivity contribution in [3.63, 3.8) is 0 Å². The lowest BCUT2D eigenvalue weighted by atomic mass is 10.0. The summed E-state index contributed by atoms with van der Waals surface area (Å²) in [4.78, 5) is 0. The van der Waals surface area contributed by atoms with Crippen molar-refractivity contribution >= 4 is 33.2 Å². The van der Waals surface area contributed by atoms with Gasteiger partial charge in [-0.3, -0.25) is 0 Å². The number of benzene rings is 1. The fourth-order valence-corrected chi connectivity index (χ4v) is 3.19. The van der Waals surface area contributed by atoms with E-state index in [1.54, 1.807) is 0 Å². The molecule has 4 heteroatoms. The average molecular weight is 346 g/mol. The van der Waals surface area contributed by atoms with E-state index in [4.69, 9.17) is 11.6 Å². The minimum absolute atomic E-state index is 0.436. The molecule has 2 N–H and O–H groups in total. The summed E-state index contributed by atoms with van der Waals surface area (Å²) in [5.41, 5.74) is 1.08. The molecule has 0 amide bonds. The third kappa shape index (κ3) is 4.97. The smallest absolute Gasteiger partial charge is 0.0501 e. The van der Waals surface area contributed by atoms with E-state index in [-0.39, 0.29) is 0 Å². The summed E-state index contributed by atoms with van der Waals surface area (Å²) in [6.07, 6.45) is 6.48. The monoisotopic (exact) mass is 344 g/mol. The quantitative estimate of drug-likeness (QED) is 0.817. The van der Waals surface area contributed by atoms with Crippen molar-refractivity contribution in [1.82, 2.24) is 5.32 Å². The maximum absolute atomic E-state index is 6.04. The van der Waals surface area contributed by atoms with E-state index < -0.39 is 0 Å². The third-order valence-electron chi connectivity index (χ3n) is 3.63. The number of anilines is 1. The Morgan fingerprint density at radius 2 is 2.26 bits per heavy atom. The molecule has 2 rings (SSSR count). The van der Waals surface area contributed by atoms with Crippen LogP contribution in [-0.2, 0) is 0 Å². The first kappa shape index (κ1) is 15.1. The van der Waals surface area contributed by atoms with Crippen molar-refractivity contribution in [3.05, 3.63) is 27.7 Å². The van der Waals surface area contributed by atoms with Crippen LogP contribution in [0.2, 0.25) is 5.02 Å². The van der Waals surface area contributed by atoms with Gasteiger partial charge in [-0.05, 0) is 66.9 Å². The summed E-state index contributed by atoms with van der Waals surface area (Å²) in [5, 5.41) is 7.96. The van der Waals surface area contributed by atoms with Gasteiger partial charge in [0.1, 0.15) is 0 Å². The normalized spacial score (nSPS) is 21.7. The second-order valence-corrected chi connectivity index (χ2v) is 6.70. The number of hydrogen-bond acceptors (Lipinski definition) is 2. The van der Waals surface area contributed by atoms with Gasteiger partial charge in [-0.25, -0.2) is 0 Å². The van der Waals surface area contributed by atoms with Gasteiger partial charge in [0.15, 0.2) is 0 Å². The molecule has 0 bridgehead atoms. The fourth-order valence-electron chi connectivity index (χ4n) is 2.66. The van der Waals surface area contributed by atoms with Gasteiger partial charge in [0.25, 0.3) is 0 Å². The zero-order valence-electron chi connectivity index (χ0n) is 11.4. The maximum Gasteiger partial charge on any atom is 0.0501 e. The molecule has 1 aromatic rings. The average Bonchev–Trinajstić information content (AvgIpc) is 2.62. The topological polar surface area (TPSA) is 24.1 Å². The van der Waals surface area contributed by atoms with Crippen LogP contribution in [0.15, 0.2) is 22.7 Å². The van der Waals surface area contributed by atoms with Gasteiger partial charge in [-0.15, -0.1) is 0 Å². The molecule has 2 atom stereocenters. The van der Waals surface area contributed by atoms with Gasteiger partial charge in [-0.2, -0.15) is 0 Å². The van der Waals surface area contributed by atoms with Crippen molar-refractivity contribution in [2.24, 2.45) is 0 Å². The van der Waals surface area contributed by atoms with Crippen molar-refractivity contribution in [1.29, 1.82) is 0 Å². The SMILES string of the molecule is CC(CC1CCCCCN1)Nc1cc(Cl)ccc1Br. The summed E-state index contributed by atoms with van der Waals surface area (Å²) in [6, 6.07) is 6.94. The summed E-state index contributed by atoms with van der Waals surface area (Å²) in [5.74, 6) is 0. The molecule has 106 valence electrons. The summed E-state index contributed by atoms with van der Waals surface area (Å²) < 4.78 is 1.07. The summed E-state index contributed by atoms with van der Waals surface area (Å²) in [6.45, 7) is 3.40. The van der Waals surface area contributed by atoms with Gasteiger partial charge in [0.2, 0.25) is 0 Å². The highest BCUT2D eigenvalue weighted by Gasteiger charge is 2.15. The summed E-state index contributed by atoms with van der Waals surface area (Å²) >= 11 is 9.60. The van der Waals surface area contributed by atoms with Gasteiger partial charge in [-0.1, -0.05) is 24.4 Å². The molecule has 1 aliphatic rings. The van der Waals surface area contributed by atoms with Crippen LogP contribution in [0.1, 0.15) is 39.0 Å². The van der Waals surface area contributed by atoms with Crippen molar-refractivity contribution in [3.8, 4) is 0 Å². The number of rotatable bonds is 4. The standard InChI is InChI=1S/C15H22BrClN2/c1-11(9-13-5-3-2-4-8-18-13)19-15-10-12(17)6-7-14(15)16/h6-7,10-11,13,18-19H,2-5,8-9H2,1H3. The van der Waals surface area contributed by atoms with Crippen molar-refractivity contribution in [2.45, 2.75) is 51.1 Å². The van der Waals surface area contributed by atoms with Crippen LogP contribution in [-0.4, -0.2) is 18.6 Å². The second-order valence-electron chi connectivity index (χ2n) is 5.41. The molecule has 0 radical (unpaired) electrons. The van der Waals surface area contributed by atoms with Crippen molar-refractivity contribution in [2.75, 3.05) is 11.9 Å². The molecule has 1 aromatic carbocycles. The molecule has 2 nitrogen and oxygen atoms in total. The lowest BCUT2D eigenvalue weighted by molar-refractivity contribution is 0.456. The second kappa shape index (κ2) is 7.51. The highest BCUT2D eigenvalue weighted by atomic mass is 79.9. The highest BCUT2D eigenvalue weighted by molar-refractivity contribution is 9.10. The largest absolute Gasteiger partial charge is 0.382 e. The molecule has 0 saturated carbocycles. The van der Waals surface area contributed by atoms with E-state index in [0.29, 0.717) is 12.1 Å². The molecule has 1 fully saturated rings. The molecule has 1 heterocycles. The molecule has 19 heavy (non-hydrogen) atoms. The Hall–Kier alpha value is -0.250. The first-order chi connectivity index (χ1) is 9.15. The van der Waals surface area contributed by atoms with Crippen LogP contribution in [0.3, 0.4) is 0 Å². The van der Waals surface area contributed by atoms with Crippen LogP contribution < -0.4 is 10.6 Å². The lowest BCUT2D eigenvalue weighted by Gasteiger charge is -2.22. The maximum atomic E-state index is 6.04. The van der Waals surface area contributed by atoms with Crippen LogP contribution >= 0.6 is 27.5 Å². The molecule has 1 saturated heterocycles. The zero-order chi connectivity index (χ0) is 13.7. The lowest BCUT2D eigenvalue weighted by Crippen LogP contribution is -2.33. The van der Waals surface area contributed by atoms with Crippen molar-refractivity contribution < 1.29 is 0 Å². The molecule has 0 aliphatic carbocycles. The Labute approximate surface area is 129 Å². The fraction of sp³-hybridized carbons (Fsp3) is 0.600. The first-order valence-electron chi connectivity index (χ1n) is 7.10. The van der Waals surface area contributed by atoms with Gasteiger partial charge < -0.3 is 10.6 Å². The highest BCUT2D eigenvalue weighted by Crippen LogP contribution is 2.27. The van der Waals surface area contributed by atoms with Gasteiger partial charge in [0.05, 0.1) is 5.69 Å². The predicted octanol–water partition coefficient (Wildman–Crippen LogP) is 4.83. The van der Waals surface area contributed by atoms with Crippen LogP contribution in [0.4, 0.5) is 5.69 Å². The zero-order valence-corrected chi connectivity index (χ0v) is 13.7. The molecular weight excluding hydrogens is 324 g/mol. The third-order valence-corrected chi connectivity index (χ3v) is 4.56. The molecule has 2 unspecified atom stereocenters. The van der Waals surface area contributed by atoms with E-state index in [2.05, 4.69) is 33.5 Å². The van der Waals surface area contributed by atoms with Gasteiger partial charge >= 0.3 is 0 Å². The van der Waals surface area contributed by atoms with Gasteiger partial charge in [0, 0.05) is 21.6 Å². The Morgan fingerprint density at radius 1 is 1.42 bits per heavy atom. The molecule has 0 aromatic heterocycles. The van der Waals surface area contributed by atoms with E-state index in [0.717, 1.165) is 28.1 Å². The van der Waals surface area contributed by atoms with E-state index in [1.165, 1.54) is 25.7 Å². The number of halogens is 2. The number of nitrogens with one attached hydrogen (secondary N) is 2. The minimum atomic E-state index is 0.436. The first-order valence-corrected chi connectivity index (χ1v) is 8.27. The molecule has 1 aliphatic heterocycles. The predicted molar refractivity (Wildman–Crippen MR) is 87.1 cm³/mol.